The van der Waals surface area contributed by atoms with Crippen LogP contribution in [0.25, 0.3) is 5.70 Å². The molecule has 0 radical (unpaired) electrons. The van der Waals surface area contributed by atoms with Gasteiger partial charge in [0.05, 0.1) is 23.2 Å². The molecule has 1 saturated heterocycles. The SMILES string of the molecule is CC1(O)CCN(c2cccc(C3=CN=C4NCC=C4N3C(=O)C(C)(C)C)c2)CC1. The molecule has 1 aromatic carbocycles. The number of rotatable bonds is 2. The van der Waals surface area contributed by atoms with Crippen molar-refractivity contribution in [2.24, 2.45) is 10.4 Å². The molecule has 0 aliphatic carbocycles. The molecule has 3 aliphatic heterocycles. The number of anilines is 1. The second-order valence-electron chi connectivity index (χ2n) is 9.39. The highest BCUT2D eigenvalue weighted by Crippen LogP contribution is 2.35. The number of amidine groups is 1. The van der Waals surface area contributed by atoms with E-state index in [-0.39, 0.29) is 5.91 Å². The van der Waals surface area contributed by atoms with Crippen molar-refractivity contribution >= 4 is 23.1 Å². The van der Waals surface area contributed by atoms with E-state index in [2.05, 4.69) is 27.3 Å². The third-order valence-corrected chi connectivity index (χ3v) is 5.80. The highest BCUT2D eigenvalue weighted by atomic mass is 16.3. The Kier molecular flexibility index (Phi) is 4.77. The Bertz CT molecular complexity index is 911. The Morgan fingerprint density at radius 2 is 1.93 bits per heavy atom. The van der Waals surface area contributed by atoms with Gasteiger partial charge >= 0.3 is 0 Å². The third-order valence-electron chi connectivity index (χ3n) is 5.80. The quantitative estimate of drug-likeness (QED) is 0.809. The molecule has 6 nitrogen and oxygen atoms in total. The summed E-state index contributed by atoms with van der Waals surface area (Å²) in [6.45, 7) is 10.0. The second-order valence-corrected chi connectivity index (χ2v) is 9.39. The van der Waals surface area contributed by atoms with E-state index < -0.39 is 11.0 Å². The molecule has 0 saturated carbocycles. The maximum absolute atomic E-state index is 13.3. The van der Waals surface area contributed by atoms with Crippen molar-refractivity contribution in [3.8, 4) is 0 Å². The van der Waals surface area contributed by atoms with Crippen LogP contribution in [0.5, 0.6) is 0 Å². The summed E-state index contributed by atoms with van der Waals surface area (Å²) in [4.78, 5) is 22.0. The largest absolute Gasteiger partial charge is 0.390 e. The number of aliphatic hydroxyl groups is 1. The lowest BCUT2D eigenvalue weighted by atomic mass is 9.92. The van der Waals surface area contributed by atoms with Crippen LogP contribution in [0.4, 0.5) is 5.69 Å². The molecular formula is C23H30N4O2. The summed E-state index contributed by atoms with van der Waals surface area (Å²) < 4.78 is 0. The van der Waals surface area contributed by atoms with Gasteiger partial charge < -0.3 is 15.3 Å². The number of fused-ring (bicyclic) bond motifs is 1. The first-order valence-corrected chi connectivity index (χ1v) is 10.3. The van der Waals surface area contributed by atoms with Crippen LogP contribution >= 0.6 is 0 Å². The van der Waals surface area contributed by atoms with Crippen molar-refractivity contribution in [1.29, 1.82) is 0 Å². The van der Waals surface area contributed by atoms with Crippen LogP contribution in [0.2, 0.25) is 0 Å². The van der Waals surface area contributed by atoms with Crippen LogP contribution in [0, 0.1) is 5.41 Å². The fourth-order valence-electron chi connectivity index (χ4n) is 3.92. The molecule has 0 spiro atoms. The summed E-state index contributed by atoms with van der Waals surface area (Å²) in [5.74, 6) is 0.797. The summed E-state index contributed by atoms with van der Waals surface area (Å²) in [5.41, 5.74) is 2.61. The first-order chi connectivity index (χ1) is 13.7. The lowest BCUT2D eigenvalue weighted by Crippen LogP contribution is -2.42. The molecule has 0 atom stereocenters. The summed E-state index contributed by atoms with van der Waals surface area (Å²) >= 11 is 0. The standard InChI is InChI=1S/C23H30N4O2/c1-22(2,3)21(28)27-18-8-11-24-20(18)25-15-19(27)16-6-5-7-17(14-16)26-12-9-23(4,29)10-13-26/h5-8,14-15,29H,9-13H2,1-4H3,(H,24,25). The summed E-state index contributed by atoms with van der Waals surface area (Å²) in [5, 5.41) is 13.5. The molecule has 0 unspecified atom stereocenters. The van der Waals surface area contributed by atoms with Gasteiger partial charge in [0.25, 0.3) is 0 Å². The van der Waals surface area contributed by atoms with E-state index in [1.165, 1.54) is 0 Å². The summed E-state index contributed by atoms with van der Waals surface area (Å²) in [6, 6.07) is 8.27. The number of nitrogens with zero attached hydrogens (tertiary/aromatic N) is 3. The van der Waals surface area contributed by atoms with Crippen LogP contribution in [0.15, 0.2) is 47.2 Å². The number of hydrogen-bond acceptors (Lipinski definition) is 5. The fraction of sp³-hybridized carbons (Fsp3) is 0.478. The van der Waals surface area contributed by atoms with Gasteiger partial charge in [-0.1, -0.05) is 32.9 Å². The van der Waals surface area contributed by atoms with Gasteiger partial charge in [-0.15, -0.1) is 0 Å². The van der Waals surface area contributed by atoms with Gasteiger partial charge in [0.15, 0.2) is 0 Å². The number of amides is 1. The lowest BCUT2D eigenvalue weighted by Gasteiger charge is -2.37. The highest BCUT2D eigenvalue weighted by Gasteiger charge is 2.37. The first-order valence-electron chi connectivity index (χ1n) is 10.3. The Labute approximate surface area is 172 Å². The summed E-state index contributed by atoms with van der Waals surface area (Å²) in [6.07, 6.45) is 5.31. The van der Waals surface area contributed by atoms with E-state index in [0.717, 1.165) is 54.4 Å². The zero-order chi connectivity index (χ0) is 20.8. The molecule has 0 aromatic heterocycles. The molecule has 29 heavy (non-hydrogen) atoms. The van der Waals surface area contributed by atoms with E-state index >= 15 is 0 Å². The predicted octanol–water partition coefficient (Wildman–Crippen LogP) is 3.11. The van der Waals surface area contributed by atoms with Crippen LogP contribution in [0.3, 0.4) is 0 Å². The smallest absolute Gasteiger partial charge is 0.237 e. The molecule has 4 rings (SSSR count). The van der Waals surface area contributed by atoms with Gasteiger partial charge in [-0.2, -0.15) is 0 Å². The molecule has 2 N–H and O–H groups in total. The maximum Gasteiger partial charge on any atom is 0.237 e. The normalized spacial score (nSPS) is 21.1. The Hall–Kier alpha value is -2.60. The van der Waals surface area contributed by atoms with Gasteiger partial charge in [0.2, 0.25) is 5.91 Å². The van der Waals surface area contributed by atoms with E-state index in [0.29, 0.717) is 6.54 Å². The van der Waals surface area contributed by atoms with Crippen molar-refractivity contribution < 1.29 is 9.90 Å². The van der Waals surface area contributed by atoms with Crippen molar-refractivity contribution in [3.05, 3.63) is 47.8 Å². The minimum Gasteiger partial charge on any atom is -0.390 e. The summed E-state index contributed by atoms with van der Waals surface area (Å²) in [7, 11) is 0. The van der Waals surface area contributed by atoms with Crippen LogP contribution in [-0.4, -0.2) is 47.0 Å². The number of hydrogen-bond donors (Lipinski definition) is 2. The second kappa shape index (κ2) is 7.02. The van der Waals surface area contributed by atoms with Crippen molar-refractivity contribution in [2.75, 3.05) is 24.5 Å². The zero-order valence-corrected chi connectivity index (χ0v) is 17.7. The Balaban J connectivity index is 1.68. The molecule has 6 heteroatoms. The van der Waals surface area contributed by atoms with E-state index in [9.17, 15) is 9.90 Å². The molecule has 3 aliphatic rings. The fourth-order valence-corrected chi connectivity index (χ4v) is 3.92. The monoisotopic (exact) mass is 394 g/mol. The van der Waals surface area contributed by atoms with Gasteiger partial charge in [0.1, 0.15) is 5.84 Å². The van der Waals surface area contributed by atoms with Gasteiger partial charge in [-0.05, 0) is 38.0 Å². The topological polar surface area (TPSA) is 68.2 Å². The number of benzene rings is 1. The van der Waals surface area contributed by atoms with E-state index in [4.69, 9.17) is 0 Å². The number of aliphatic imine (C=N–C) groups is 1. The maximum atomic E-state index is 13.3. The Morgan fingerprint density at radius 1 is 1.21 bits per heavy atom. The van der Waals surface area contributed by atoms with Crippen LogP contribution in [-0.2, 0) is 4.79 Å². The van der Waals surface area contributed by atoms with E-state index in [1.54, 1.807) is 6.20 Å². The lowest BCUT2D eigenvalue weighted by molar-refractivity contribution is -0.134. The number of piperidine rings is 1. The van der Waals surface area contributed by atoms with Gasteiger partial charge in [-0.3, -0.25) is 9.69 Å². The van der Waals surface area contributed by atoms with Crippen molar-refractivity contribution in [1.82, 2.24) is 10.2 Å². The molecule has 1 amide bonds. The zero-order valence-electron chi connectivity index (χ0n) is 17.7. The number of nitrogens with one attached hydrogen (secondary N) is 1. The molecule has 154 valence electrons. The molecule has 3 heterocycles. The van der Waals surface area contributed by atoms with Crippen LogP contribution < -0.4 is 10.2 Å². The van der Waals surface area contributed by atoms with E-state index in [1.807, 2.05) is 50.8 Å². The molecular weight excluding hydrogens is 364 g/mol. The highest BCUT2D eigenvalue weighted by molar-refractivity contribution is 6.09. The minimum absolute atomic E-state index is 0.0468. The van der Waals surface area contributed by atoms with Crippen LogP contribution in [0.1, 0.15) is 46.1 Å². The van der Waals surface area contributed by atoms with Gasteiger partial charge in [0, 0.05) is 36.3 Å². The number of carbonyl (C=O) groups excluding carboxylic acids is 1. The number of carbonyl (C=O) groups is 1. The predicted molar refractivity (Wildman–Crippen MR) is 116 cm³/mol. The minimum atomic E-state index is -0.580. The average molecular weight is 395 g/mol. The van der Waals surface area contributed by atoms with Crippen molar-refractivity contribution in [2.45, 2.75) is 46.1 Å². The molecule has 0 bridgehead atoms. The first kappa shape index (κ1) is 19.7. The van der Waals surface area contributed by atoms with Gasteiger partial charge in [-0.25, -0.2) is 4.99 Å². The average Bonchev–Trinajstić information content (AvgIpc) is 3.15. The van der Waals surface area contributed by atoms with Crippen molar-refractivity contribution in [3.63, 3.8) is 0 Å². The third kappa shape index (κ3) is 3.81. The molecule has 1 aromatic rings. The molecule has 1 fully saturated rings. The Morgan fingerprint density at radius 3 is 2.62 bits per heavy atom.